The first kappa shape index (κ1) is 12.0. The summed E-state index contributed by atoms with van der Waals surface area (Å²) >= 11 is 0. The lowest BCUT2D eigenvalue weighted by molar-refractivity contribution is 0.252. The largest absolute Gasteiger partial charge is 0.465 e. The van der Waals surface area contributed by atoms with E-state index < -0.39 is 0 Å². The Labute approximate surface area is 89.7 Å². The van der Waals surface area contributed by atoms with Crippen LogP contribution in [-0.2, 0) is 6.42 Å². The van der Waals surface area contributed by atoms with E-state index in [0.717, 1.165) is 5.76 Å². The summed E-state index contributed by atoms with van der Waals surface area (Å²) in [6.07, 6.45) is 0.701. The van der Waals surface area contributed by atoms with Gasteiger partial charge < -0.3 is 9.52 Å². The van der Waals surface area contributed by atoms with Gasteiger partial charge in [-0.25, -0.2) is 0 Å². The van der Waals surface area contributed by atoms with Gasteiger partial charge in [0, 0.05) is 23.5 Å². The van der Waals surface area contributed by atoms with Gasteiger partial charge in [-0.2, -0.15) is 0 Å². The molecule has 0 saturated heterocycles. The molecule has 1 N–H and O–H groups in total. The summed E-state index contributed by atoms with van der Waals surface area (Å²) < 4.78 is 5.66. The van der Waals surface area contributed by atoms with Gasteiger partial charge in [0.2, 0.25) is 0 Å². The monoisotopic (exact) mass is 210 g/mol. The number of aliphatic hydroxyl groups excluding tert-OH is 1. The highest BCUT2D eigenvalue weighted by Crippen LogP contribution is 2.20. The van der Waals surface area contributed by atoms with Crippen molar-refractivity contribution < 1.29 is 9.52 Å². The maximum absolute atomic E-state index is 11.8. The van der Waals surface area contributed by atoms with Crippen molar-refractivity contribution in [2.24, 2.45) is 0 Å². The molecule has 0 aliphatic carbocycles. The third-order valence-electron chi connectivity index (χ3n) is 2.74. The Hall–Kier alpha value is -1.09. The quantitative estimate of drug-likeness (QED) is 0.829. The number of hydrogen-bond donors (Lipinski definition) is 1. The van der Waals surface area contributed by atoms with Crippen LogP contribution in [0.25, 0.3) is 0 Å². The van der Waals surface area contributed by atoms with Crippen molar-refractivity contribution in [1.29, 1.82) is 0 Å². The average Bonchev–Trinajstić information content (AvgIpc) is 2.25. The Morgan fingerprint density at radius 3 is 2.40 bits per heavy atom. The van der Waals surface area contributed by atoms with Gasteiger partial charge in [0.1, 0.15) is 11.5 Å². The second kappa shape index (κ2) is 4.62. The molecule has 0 radical (unpaired) electrons. The van der Waals surface area contributed by atoms with Crippen LogP contribution in [-0.4, -0.2) is 11.7 Å². The van der Waals surface area contributed by atoms with Gasteiger partial charge in [-0.1, -0.05) is 13.8 Å². The first-order chi connectivity index (χ1) is 7.02. The zero-order valence-corrected chi connectivity index (χ0v) is 9.76. The van der Waals surface area contributed by atoms with Crippen molar-refractivity contribution in [3.05, 3.63) is 32.9 Å². The molecule has 1 atom stereocenters. The maximum atomic E-state index is 11.8. The maximum Gasteiger partial charge on any atom is 0.191 e. The summed E-state index contributed by atoms with van der Waals surface area (Å²) in [5, 5.41) is 9.07. The first-order valence-electron chi connectivity index (χ1n) is 5.26. The highest BCUT2D eigenvalue weighted by atomic mass is 16.3. The standard InChI is InChI=1S/C12H18O3/c1-5-10-8(3)11(14)9(4)12(15-10)7(2)6-13/h7,13H,5-6H2,1-4H3. The average molecular weight is 210 g/mol. The Bertz CT molecular complexity index is 404. The van der Waals surface area contributed by atoms with Crippen LogP contribution >= 0.6 is 0 Å². The lowest BCUT2D eigenvalue weighted by Gasteiger charge is -2.13. The topological polar surface area (TPSA) is 50.4 Å². The van der Waals surface area contributed by atoms with Crippen LogP contribution in [0.4, 0.5) is 0 Å². The van der Waals surface area contributed by atoms with Crippen molar-refractivity contribution >= 4 is 0 Å². The lowest BCUT2D eigenvalue weighted by atomic mass is 10.0. The predicted octanol–water partition coefficient (Wildman–Crippen LogP) is 1.91. The molecule has 3 nitrogen and oxygen atoms in total. The van der Waals surface area contributed by atoms with Gasteiger partial charge in [-0.15, -0.1) is 0 Å². The Balaban J connectivity index is 3.42. The zero-order valence-electron chi connectivity index (χ0n) is 9.76. The normalized spacial score (nSPS) is 12.9. The zero-order chi connectivity index (χ0) is 11.6. The van der Waals surface area contributed by atoms with E-state index >= 15 is 0 Å². The van der Waals surface area contributed by atoms with Gasteiger partial charge >= 0.3 is 0 Å². The van der Waals surface area contributed by atoms with Gasteiger partial charge in [0.25, 0.3) is 0 Å². The van der Waals surface area contributed by atoms with Crippen LogP contribution in [0, 0.1) is 13.8 Å². The van der Waals surface area contributed by atoms with E-state index in [9.17, 15) is 4.79 Å². The molecule has 1 rings (SSSR count). The third kappa shape index (κ3) is 2.12. The summed E-state index contributed by atoms with van der Waals surface area (Å²) in [7, 11) is 0. The number of aryl methyl sites for hydroxylation is 1. The van der Waals surface area contributed by atoms with Gasteiger partial charge in [0.15, 0.2) is 5.43 Å². The summed E-state index contributed by atoms with van der Waals surface area (Å²) in [6.45, 7) is 7.33. The van der Waals surface area contributed by atoms with Crippen LogP contribution in [0.3, 0.4) is 0 Å². The first-order valence-corrected chi connectivity index (χ1v) is 5.26. The summed E-state index contributed by atoms with van der Waals surface area (Å²) in [4.78, 5) is 11.8. The molecule has 84 valence electrons. The molecular formula is C12H18O3. The van der Waals surface area contributed by atoms with Crippen LogP contribution < -0.4 is 5.43 Å². The van der Waals surface area contributed by atoms with Gasteiger partial charge in [-0.05, 0) is 13.8 Å². The second-order valence-corrected chi connectivity index (χ2v) is 3.91. The summed E-state index contributed by atoms with van der Waals surface area (Å²) in [5.74, 6) is 1.22. The molecule has 0 aliphatic rings. The van der Waals surface area contributed by atoms with E-state index in [-0.39, 0.29) is 18.0 Å². The fraction of sp³-hybridized carbons (Fsp3) is 0.583. The minimum absolute atomic E-state index is 0.00397. The Kier molecular flexibility index (Phi) is 3.69. The number of rotatable bonds is 3. The molecule has 0 fully saturated rings. The predicted molar refractivity (Wildman–Crippen MR) is 59.3 cm³/mol. The van der Waals surface area contributed by atoms with E-state index in [1.807, 2.05) is 13.8 Å². The number of aliphatic hydroxyl groups is 1. The smallest absolute Gasteiger partial charge is 0.191 e. The van der Waals surface area contributed by atoms with Crippen LogP contribution in [0.5, 0.6) is 0 Å². The minimum atomic E-state index is -0.122. The van der Waals surface area contributed by atoms with Gasteiger partial charge in [0.05, 0.1) is 6.61 Å². The molecule has 0 saturated carbocycles. The summed E-state index contributed by atoms with van der Waals surface area (Å²) in [6, 6.07) is 0. The van der Waals surface area contributed by atoms with Crippen molar-refractivity contribution in [2.75, 3.05) is 6.61 Å². The minimum Gasteiger partial charge on any atom is -0.465 e. The fourth-order valence-corrected chi connectivity index (χ4v) is 1.70. The molecule has 3 heteroatoms. The molecule has 1 unspecified atom stereocenters. The van der Waals surface area contributed by atoms with E-state index in [4.69, 9.17) is 9.52 Å². The van der Waals surface area contributed by atoms with E-state index in [1.165, 1.54) is 0 Å². The number of hydrogen-bond acceptors (Lipinski definition) is 3. The molecule has 0 spiro atoms. The van der Waals surface area contributed by atoms with Gasteiger partial charge in [-0.3, -0.25) is 4.79 Å². The van der Waals surface area contributed by atoms with E-state index in [2.05, 4.69) is 0 Å². The molecule has 0 aromatic carbocycles. The second-order valence-electron chi connectivity index (χ2n) is 3.91. The molecule has 15 heavy (non-hydrogen) atoms. The van der Waals surface area contributed by atoms with E-state index in [1.54, 1.807) is 13.8 Å². The van der Waals surface area contributed by atoms with E-state index in [0.29, 0.717) is 23.3 Å². The van der Waals surface area contributed by atoms with Crippen LogP contribution in [0.2, 0.25) is 0 Å². The van der Waals surface area contributed by atoms with Crippen LogP contribution in [0.1, 0.15) is 42.4 Å². The molecule has 1 heterocycles. The lowest BCUT2D eigenvalue weighted by Crippen LogP contribution is -2.16. The van der Waals surface area contributed by atoms with Crippen molar-refractivity contribution in [3.8, 4) is 0 Å². The molecule has 0 amide bonds. The molecule has 0 bridgehead atoms. The molecule has 1 aromatic rings. The third-order valence-corrected chi connectivity index (χ3v) is 2.74. The fourth-order valence-electron chi connectivity index (χ4n) is 1.70. The molecular weight excluding hydrogens is 192 g/mol. The SMILES string of the molecule is CCc1oc(C(C)CO)c(C)c(=O)c1C. The highest BCUT2D eigenvalue weighted by molar-refractivity contribution is 5.27. The molecule has 1 aromatic heterocycles. The van der Waals surface area contributed by atoms with Crippen molar-refractivity contribution in [2.45, 2.75) is 40.0 Å². The highest BCUT2D eigenvalue weighted by Gasteiger charge is 2.16. The molecule has 0 aliphatic heterocycles. The Morgan fingerprint density at radius 1 is 1.33 bits per heavy atom. The van der Waals surface area contributed by atoms with Crippen LogP contribution in [0.15, 0.2) is 9.21 Å². The van der Waals surface area contributed by atoms with Crippen molar-refractivity contribution in [3.63, 3.8) is 0 Å². The summed E-state index contributed by atoms with van der Waals surface area (Å²) in [5.41, 5.74) is 1.34. The van der Waals surface area contributed by atoms with Crippen molar-refractivity contribution in [1.82, 2.24) is 0 Å². The Morgan fingerprint density at radius 2 is 1.93 bits per heavy atom.